The zero-order valence-electron chi connectivity index (χ0n) is 5.13. The highest BCUT2D eigenvalue weighted by atomic mass is 16.8. The fourth-order valence-electron chi connectivity index (χ4n) is 0.201. The van der Waals surface area contributed by atoms with Crippen molar-refractivity contribution in [3.63, 3.8) is 0 Å². The first-order valence-corrected chi connectivity index (χ1v) is 2.24. The van der Waals surface area contributed by atoms with Crippen molar-refractivity contribution in [1.82, 2.24) is 4.90 Å². The standard InChI is InChI=1S/C3H9NO6/c1-4(2(5,6)7)3(8,9)10/h5-10H,1H3. The average Bonchev–Trinajstić information content (AvgIpc) is 1.59. The zero-order chi connectivity index (χ0) is 8.58. The van der Waals surface area contributed by atoms with Crippen LogP contribution in [-0.4, -0.2) is 54.8 Å². The minimum absolute atomic E-state index is 0.292. The number of aliphatic hydroxyl groups is 6. The van der Waals surface area contributed by atoms with Crippen molar-refractivity contribution in [3.8, 4) is 0 Å². The van der Waals surface area contributed by atoms with Crippen molar-refractivity contribution >= 4 is 0 Å². The SMILES string of the molecule is CN(C(O)(O)O)C(O)(O)O. The highest BCUT2D eigenvalue weighted by Gasteiger charge is 2.40. The topological polar surface area (TPSA) is 125 Å². The Kier molecular flexibility index (Phi) is 2.33. The first kappa shape index (κ1) is 9.72. The van der Waals surface area contributed by atoms with E-state index in [0.717, 1.165) is 0 Å². The minimum atomic E-state index is -3.47. The van der Waals surface area contributed by atoms with Crippen LogP contribution < -0.4 is 0 Å². The molecular weight excluding hydrogens is 146 g/mol. The highest BCUT2D eigenvalue weighted by Crippen LogP contribution is 2.09. The number of hydrogen-bond acceptors (Lipinski definition) is 7. The fraction of sp³-hybridized carbons (Fsp3) is 1.00. The molecule has 0 aromatic carbocycles. The summed E-state index contributed by atoms with van der Waals surface area (Å²) in [5.74, 6) is 0. The maximum atomic E-state index is 8.18. The molecule has 0 heterocycles. The molecule has 0 spiro atoms. The first-order valence-electron chi connectivity index (χ1n) is 2.24. The van der Waals surface area contributed by atoms with E-state index in [9.17, 15) is 0 Å². The Labute approximate surface area is 56.0 Å². The molecule has 0 atom stereocenters. The molecule has 0 saturated heterocycles. The normalized spacial score (nSPS) is 14.4. The molecular formula is C3H9NO6. The van der Waals surface area contributed by atoms with Gasteiger partial charge in [0.1, 0.15) is 0 Å². The molecule has 7 nitrogen and oxygen atoms in total. The third-order valence-electron chi connectivity index (χ3n) is 0.900. The molecule has 0 radical (unpaired) electrons. The summed E-state index contributed by atoms with van der Waals surface area (Å²) in [6.07, 6.45) is -6.95. The van der Waals surface area contributed by atoms with Crippen molar-refractivity contribution in [2.75, 3.05) is 7.05 Å². The van der Waals surface area contributed by atoms with Crippen LogP contribution in [0.25, 0.3) is 0 Å². The third-order valence-corrected chi connectivity index (χ3v) is 0.900. The molecule has 0 amide bonds. The maximum absolute atomic E-state index is 8.18. The van der Waals surface area contributed by atoms with E-state index in [1.54, 1.807) is 0 Å². The van der Waals surface area contributed by atoms with E-state index in [2.05, 4.69) is 0 Å². The Morgan fingerprint density at radius 3 is 1.00 bits per heavy atom. The van der Waals surface area contributed by atoms with E-state index in [1.807, 2.05) is 0 Å². The third kappa shape index (κ3) is 2.54. The second kappa shape index (κ2) is 2.40. The molecule has 7 heteroatoms. The summed E-state index contributed by atoms with van der Waals surface area (Å²) in [4.78, 5) is -0.292. The zero-order valence-corrected chi connectivity index (χ0v) is 5.13. The monoisotopic (exact) mass is 155 g/mol. The van der Waals surface area contributed by atoms with E-state index in [4.69, 9.17) is 30.6 Å². The van der Waals surface area contributed by atoms with Crippen LogP contribution in [0.1, 0.15) is 0 Å². The molecule has 0 fully saturated rings. The van der Waals surface area contributed by atoms with Crippen LogP contribution in [-0.2, 0) is 0 Å². The van der Waals surface area contributed by atoms with Crippen LogP contribution >= 0.6 is 0 Å². The van der Waals surface area contributed by atoms with Gasteiger partial charge < -0.3 is 30.6 Å². The van der Waals surface area contributed by atoms with Crippen LogP contribution in [0.2, 0.25) is 0 Å². The summed E-state index contributed by atoms with van der Waals surface area (Å²) in [6.45, 7) is 0. The molecule has 0 unspecified atom stereocenters. The smallest absolute Gasteiger partial charge is 0.330 e. The summed E-state index contributed by atoms with van der Waals surface area (Å²) in [5, 5.41) is 49.1. The lowest BCUT2D eigenvalue weighted by Crippen LogP contribution is -2.59. The van der Waals surface area contributed by atoms with Crippen molar-refractivity contribution in [2.45, 2.75) is 12.2 Å². The van der Waals surface area contributed by atoms with Crippen molar-refractivity contribution < 1.29 is 30.6 Å². The maximum Gasteiger partial charge on any atom is 0.351 e. The fourth-order valence-corrected chi connectivity index (χ4v) is 0.201. The Bertz CT molecular complexity index is 97.1. The largest absolute Gasteiger partial charge is 0.351 e. The van der Waals surface area contributed by atoms with Crippen molar-refractivity contribution in [2.24, 2.45) is 0 Å². The van der Waals surface area contributed by atoms with Crippen molar-refractivity contribution in [1.29, 1.82) is 0 Å². The van der Waals surface area contributed by atoms with Gasteiger partial charge >= 0.3 is 12.2 Å². The van der Waals surface area contributed by atoms with E-state index in [-0.39, 0.29) is 4.90 Å². The van der Waals surface area contributed by atoms with Gasteiger partial charge in [0.2, 0.25) is 0 Å². The van der Waals surface area contributed by atoms with Gasteiger partial charge in [0.25, 0.3) is 0 Å². The Balaban J connectivity index is 4.23. The van der Waals surface area contributed by atoms with E-state index in [0.29, 0.717) is 7.05 Å². The van der Waals surface area contributed by atoms with Crippen LogP contribution in [0, 0.1) is 0 Å². The lowest BCUT2D eigenvalue weighted by Gasteiger charge is -2.31. The number of hydrogen-bond donors (Lipinski definition) is 6. The van der Waals surface area contributed by atoms with Gasteiger partial charge in [-0.2, -0.15) is 4.90 Å². The van der Waals surface area contributed by atoms with Crippen LogP contribution in [0.5, 0.6) is 0 Å². The lowest BCUT2D eigenvalue weighted by atomic mass is 10.7. The molecule has 0 saturated carbocycles. The first-order chi connectivity index (χ1) is 4.15. The molecule has 0 rings (SSSR count). The quantitative estimate of drug-likeness (QED) is 0.225. The van der Waals surface area contributed by atoms with Gasteiger partial charge in [-0.15, -0.1) is 0 Å². The second-order valence-corrected chi connectivity index (χ2v) is 1.76. The second-order valence-electron chi connectivity index (χ2n) is 1.76. The van der Waals surface area contributed by atoms with Crippen molar-refractivity contribution in [3.05, 3.63) is 0 Å². The average molecular weight is 155 g/mol. The number of nitrogens with zero attached hydrogens (tertiary/aromatic N) is 1. The molecule has 0 aliphatic rings. The molecule has 6 N–H and O–H groups in total. The van der Waals surface area contributed by atoms with Gasteiger partial charge in [-0.25, -0.2) is 0 Å². The molecule has 0 aromatic rings. The van der Waals surface area contributed by atoms with Gasteiger partial charge in [0, 0.05) is 7.05 Å². The van der Waals surface area contributed by atoms with Gasteiger partial charge in [-0.1, -0.05) is 0 Å². The molecule has 10 heavy (non-hydrogen) atoms. The van der Waals surface area contributed by atoms with Crippen LogP contribution in [0.3, 0.4) is 0 Å². The highest BCUT2D eigenvalue weighted by molar-refractivity contribution is 4.51. The van der Waals surface area contributed by atoms with Gasteiger partial charge in [0.05, 0.1) is 0 Å². The van der Waals surface area contributed by atoms with E-state index >= 15 is 0 Å². The summed E-state index contributed by atoms with van der Waals surface area (Å²) in [5.41, 5.74) is 0. The Morgan fingerprint density at radius 2 is 1.00 bits per heavy atom. The van der Waals surface area contributed by atoms with Gasteiger partial charge in [-0.3, -0.25) is 0 Å². The van der Waals surface area contributed by atoms with Gasteiger partial charge in [-0.05, 0) is 0 Å². The van der Waals surface area contributed by atoms with Crippen LogP contribution in [0.15, 0.2) is 0 Å². The lowest BCUT2D eigenvalue weighted by molar-refractivity contribution is -0.503. The summed E-state index contributed by atoms with van der Waals surface area (Å²) >= 11 is 0. The van der Waals surface area contributed by atoms with Gasteiger partial charge in [0.15, 0.2) is 0 Å². The minimum Gasteiger partial charge on any atom is -0.330 e. The molecule has 62 valence electrons. The Hall–Kier alpha value is -0.280. The molecule has 0 bridgehead atoms. The van der Waals surface area contributed by atoms with E-state index < -0.39 is 12.2 Å². The molecule has 0 aliphatic carbocycles. The predicted molar refractivity (Wildman–Crippen MR) is 26.5 cm³/mol. The summed E-state index contributed by atoms with van der Waals surface area (Å²) in [7, 11) is 0.667. The Morgan fingerprint density at radius 1 is 0.800 bits per heavy atom. The van der Waals surface area contributed by atoms with Crippen LogP contribution in [0.4, 0.5) is 0 Å². The summed E-state index contributed by atoms with van der Waals surface area (Å²) in [6, 6.07) is 0. The molecule has 0 aromatic heterocycles. The summed E-state index contributed by atoms with van der Waals surface area (Å²) < 4.78 is 0. The number of rotatable bonds is 2. The molecule has 0 aliphatic heterocycles. The predicted octanol–water partition coefficient (Wildman–Crippen LogP) is -3.91. The van der Waals surface area contributed by atoms with E-state index in [1.165, 1.54) is 0 Å².